The lowest BCUT2D eigenvalue weighted by molar-refractivity contribution is -0.150. The molecule has 12 heavy (non-hydrogen) atoms. The Hall–Kier alpha value is -0.240. The summed E-state index contributed by atoms with van der Waals surface area (Å²) in [6.07, 6.45) is -6.75. The van der Waals surface area contributed by atoms with Crippen LogP contribution in [0.5, 0.6) is 0 Å². The maximum absolute atomic E-state index is 9.12. The second-order valence-electron chi connectivity index (χ2n) is 2.72. The molecule has 1 unspecified atom stereocenters. The van der Waals surface area contributed by atoms with Crippen LogP contribution in [-0.2, 0) is 4.74 Å². The molecule has 6 nitrogen and oxygen atoms in total. The number of hydrogen-bond acceptors (Lipinski definition) is 6. The first-order chi connectivity index (χ1) is 5.57. The number of ether oxygens (including phenoxy) is 1. The molecule has 0 spiro atoms. The molecule has 0 bridgehead atoms. The van der Waals surface area contributed by atoms with Crippen molar-refractivity contribution in [1.29, 1.82) is 0 Å². The van der Waals surface area contributed by atoms with Gasteiger partial charge in [0.15, 0.2) is 6.29 Å². The molecule has 6 heteroatoms. The van der Waals surface area contributed by atoms with Gasteiger partial charge in [0.05, 0.1) is 6.61 Å². The highest BCUT2D eigenvalue weighted by molar-refractivity contribution is 4.89. The van der Waals surface area contributed by atoms with Crippen LogP contribution in [0.15, 0.2) is 0 Å². The van der Waals surface area contributed by atoms with Crippen LogP contribution >= 0.6 is 0 Å². The van der Waals surface area contributed by atoms with E-state index in [9.17, 15) is 0 Å². The predicted octanol–water partition coefficient (Wildman–Crippen LogP) is -3.22. The summed E-state index contributed by atoms with van der Waals surface area (Å²) in [5.41, 5.74) is 0. The third-order valence-corrected chi connectivity index (χ3v) is 1.84. The Balaban J connectivity index is 2.58. The van der Waals surface area contributed by atoms with Crippen molar-refractivity contribution in [3.05, 3.63) is 0 Å². The minimum absolute atomic E-state index is 0.596. The SMILES string of the molecule is OCC(O)[C@@H]1O[C@@H](O)[C@@H](O)[C@H]1O. The van der Waals surface area contributed by atoms with Crippen LogP contribution in [-0.4, -0.2) is 62.8 Å². The Kier molecular flexibility index (Phi) is 2.99. The fourth-order valence-corrected chi connectivity index (χ4v) is 1.11. The summed E-state index contributed by atoms with van der Waals surface area (Å²) in [4.78, 5) is 0. The van der Waals surface area contributed by atoms with E-state index in [-0.39, 0.29) is 0 Å². The van der Waals surface area contributed by atoms with Crippen molar-refractivity contribution >= 4 is 0 Å². The van der Waals surface area contributed by atoms with Crippen molar-refractivity contribution in [3.63, 3.8) is 0 Å². The summed E-state index contributed by atoms with van der Waals surface area (Å²) in [5, 5.41) is 44.4. The number of aliphatic hydroxyl groups excluding tert-OH is 5. The van der Waals surface area contributed by atoms with E-state index in [0.29, 0.717) is 0 Å². The third-order valence-electron chi connectivity index (χ3n) is 1.84. The van der Waals surface area contributed by atoms with Gasteiger partial charge in [0.1, 0.15) is 24.4 Å². The molecule has 0 aliphatic carbocycles. The molecule has 1 heterocycles. The highest BCUT2D eigenvalue weighted by Gasteiger charge is 2.44. The molecule has 0 radical (unpaired) electrons. The molecule has 1 fully saturated rings. The van der Waals surface area contributed by atoms with Crippen molar-refractivity contribution < 1.29 is 30.3 Å². The van der Waals surface area contributed by atoms with Gasteiger partial charge in [0.2, 0.25) is 0 Å². The smallest absolute Gasteiger partial charge is 0.184 e. The summed E-state index contributed by atoms with van der Waals surface area (Å²) < 4.78 is 4.58. The third kappa shape index (κ3) is 1.58. The van der Waals surface area contributed by atoms with Crippen LogP contribution in [0, 0.1) is 0 Å². The molecular formula is C6H12O6. The first-order valence-corrected chi connectivity index (χ1v) is 3.56. The topological polar surface area (TPSA) is 110 Å². The molecule has 72 valence electrons. The summed E-state index contributed by atoms with van der Waals surface area (Å²) in [5.74, 6) is 0. The van der Waals surface area contributed by atoms with E-state index in [1.165, 1.54) is 0 Å². The summed E-state index contributed by atoms with van der Waals surface area (Å²) >= 11 is 0. The first-order valence-electron chi connectivity index (χ1n) is 3.56. The first kappa shape index (κ1) is 9.85. The standard InChI is InChI=1S/C6H12O6/c7-1-2(8)5-3(9)4(10)6(11)12-5/h2-11H,1H2/t2?,3-,4+,5+,6-/m1/s1. The van der Waals surface area contributed by atoms with Gasteiger partial charge in [0.25, 0.3) is 0 Å². The Morgan fingerprint density at radius 1 is 1.17 bits per heavy atom. The molecule has 0 aromatic heterocycles. The monoisotopic (exact) mass is 180 g/mol. The van der Waals surface area contributed by atoms with Crippen molar-refractivity contribution in [2.24, 2.45) is 0 Å². The maximum atomic E-state index is 9.12. The van der Waals surface area contributed by atoms with Gasteiger partial charge in [-0.25, -0.2) is 0 Å². The van der Waals surface area contributed by atoms with E-state index in [2.05, 4.69) is 4.74 Å². The quantitative estimate of drug-likeness (QED) is 0.306. The summed E-state index contributed by atoms with van der Waals surface area (Å²) in [7, 11) is 0. The zero-order valence-electron chi connectivity index (χ0n) is 6.24. The van der Waals surface area contributed by atoms with Crippen molar-refractivity contribution in [2.45, 2.75) is 30.7 Å². The van der Waals surface area contributed by atoms with Gasteiger partial charge >= 0.3 is 0 Å². The van der Waals surface area contributed by atoms with Gasteiger partial charge in [-0.05, 0) is 0 Å². The summed E-state index contributed by atoms with van der Waals surface area (Å²) in [6.45, 7) is -0.596. The lowest BCUT2D eigenvalue weighted by atomic mass is 10.1. The fourth-order valence-electron chi connectivity index (χ4n) is 1.11. The highest BCUT2D eigenvalue weighted by Crippen LogP contribution is 2.21. The van der Waals surface area contributed by atoms with Gasteiger partial charge in [-0.3, -0.25) is 0 Å². The van der Waals surface area contributed by atoms with Gasteiger partial charge in [-0.1, -0.05) is 0 Å². The minimum atomic E-state index is -1.51. The molecule has 0 saturated carbocycles. The van der Waals surface area contributed by atoms with Gasteiger partial charge in [-0.15, -0.1) is 0 Å². The van der Waals surface area contributed by atoms with Crippen LogP contribution in [0.4, 0.5) is 0 Å². The molecule has 1 aliphatic rings. The molecule has 1 aliphatic heterocycles. The number of aliphatic hydroxyl groups is 5. The van der Waals surface area contributed by atoms with Crippen LogP contribution in [0.1, 0.15) is 0 Å². The zero-order chi connectivity index (χ0) is 9.30. The second kappa shape index (κ2) is 3.65. The van der Waals surface area contributed by atoms with Crippen LogP contribution in [0.25, 0.3) is 0 Å². The fraction of sp³-hybridized carbons (Fsp3) is 1.00. The van der Waals surface area contributed by atoms with Gasteiger partial charge < -0.3 is 30.3 Å². The van der Waals surface area contributed by atoms with Gasteiger partial charge in [-0.2, -0.15) is 0 Å². The molecule has 0 amide bonds. The average molecular weight is 180 g/mol. The Morgan fingerprint density at radius 2 is 1.75 bits per heavy atom. The van der Waals surface area contributed by atoms with E-state index in [1.54, 1.807) is 0 Å². The largest absolute Gasteiger partial charge is 0.394 e. The molecule has 1 rings (SSSR count). The molecule has 5 N–H and O–H groups in total. The average Bonchev–Trinajstić information content (AvgIpc) is 2.32. The Bertz CT molecular complexity index is 151. The minimum Gasteiger partial charge on any atom is -0.394 e. The lowest BCUT2D eigenvalue weighted by Crippen LogP contribution is -2.40. The Labute approximate surface area is 68.6 Å². The van der Waals surface area contributed by atoms with E-state index in [0.717, 1.165) is 0 Å². The van der Waals surface area contributed by atoms with E-state index in [4.69, 9.17) is 25.5 Å². The van der Waals surface area contributed by atoms with Crippen LogP contribution in [0.2, 0.25) is 0 Å². The zero-order valence-corrected chi connectivity index (χ0v) is 6.24. The second-order valence-corrected chi connectivity index (χ2v) is 2.72. The Morgan fingerprint density at radius 3 is 2.08 bits per heavy atom. The van der Waals surface area contributed by atoms with E-state index < -0.39 is 37.3 Å². The predicted molar refractivity (Wildman–Crippen MR) is 36.0 cm³/mol. The molecule has 0 aromatic rings. The molecule has 5 atom stereocenters. The van der Waals surface area contributed by atoms with Crippen molar-refractivity contribution in [1.82, 2.24) is 0 Å². The molecular weight excluding hydrogens is 168 g/mol. The maximum Gasteiger partial charge on any atom is 0.184 e. The van der Waals surface area contributed by atoms with E-state index >= 15 is 0 Å². The highest BCUT2D eigenvalue weighted by atomic mass is 16.6. The van der Waals surface area contributed by atoms with Crippen LogP contribution in [0.3, 0.4) is 0 Å². The number of hydrogen-bond donors (Lipinski definition) is 5. The molecule has 0 aromatic carbocycles. The lowest BCUT2D eigenvalue weighted by Gasteiger charge is -2.18. The normalized spacial score (nSPS) is 44.8. The summed E-state index contributed by atoms with van der Waals surface area (Å²) in [6, 6.07) is 0. The molecule has 1 saturated heterocycles. The van der Waals surface area contributed by atoms with Crippen molar-refractivity contribution in [2.75, 3.05) is 6.61 Å². The van der Waals surface area contributed by atoms with Gasteiger partial charge in [0, 0.05) is 0 Å². The van der Waals surface area contributed by atoms with Crippen LogP contribution < -0.4 is 0 Å². The van der Waals surface area contributed by atoms with E-state index in [1.807, 2.05) is 0 Å². The van der Waals surface area contributed by atoms with Crippen molar-refractivity contribution in [3.8, 4) is 0 Å². The number of rotatable bonds is 2.